The van der Waals surface area contributed by atoms with Gasteiger partial charge in [0.1, 0.15) is 25.0 Å². The zero-order valence-electron chi connectivity index (χ0n) is 14.9. The number of hydrogen-bond donors (Lipinski definition) is 1. The Morgan fingerprint density at radius 3 is 2.82 bits per heavy atom. The summed E-state index contributed by atoms with van der Waals surface area (Å²) in [4.78, 5) is 20.8. The van der Waals surface area contributed by atoms with E-state index in [9.17, 15) is 4.79 Å². The Morgan fingerprint density at radius 1 is 1.11 bits per heavy atom. The maximum atomic E-state index is 12.6. The lowest BCUT2D eigenvalue weighted by atomic mass is 10.2. The van der Waals surface area contributed by atoms with Gasteiger partial charge in [0.25, 0.3) is 5.91 Å². The largest absolute Gasteiger partial charge is 0.489 e. The molecule has 3 aromatic heterocycles. The molecule has 0 bridgehead atoms. The van der Waals surface area contributed by atoms with Gasteiger partial charge in [-0.2, -0.15) is 5.10 Å². The fraction of sp³-hybridized carbons (Fsp3) is 0.100. The van der Waals surface area contributed by atoms with Gasteiger partial charge in [-0.05, 0) is 24.3 Å². The van der Waals surface area contributed by atoms with Crippen molar-refractivity contribution >= 4 is 5.91 Å². The minimum atomic E-state index is -0.329. The Morgan fingerprint density at radius 2 is 2.00 bits per heavy atom. The second-order valence-electron chi connectivity index (χ2n) is 5.89. The van der Waals surface area contributed by atoms with Crippen LogP contribution in [-0.4, -0.2) is 25.7 Å². The van der Waals surface area contributed by atoms with Crippen LogP contribution in [0.15, 0.2) is 78.1 Å². The first kappa shape index (κ1) is 17.5. The topological polar surface area (TPSA) is 95.1 Å². The summed E-state index contributed by atoms with van der Waals surface area (Å²) in [6.07, 6.45) is 6.12. The standard InChI is InChI=1S/C20H17N5O3/c26-20(18-16(8-10-27-18)12-28-17-6-2-1-3-7-17)23-11-15-5-4-9-22-19(15)25-14-21-13-24-25/h1-10,13-14H,11-12H2,(H,23,26). The summed E-state index contributed by atoms with van der Waals surface area (Å²) in [5.41, 5.74) is 1.47. The van der Waals surface area contributed by atoms with Gasteiger partial charge >= 0.3 is 0 Å². The third-order valence-electron chi connectivity index (χ3n) is 4.03. The number of ether oxygens (including phenoxy) is 1. The van der Waals surface area contributed by atoms with E-state index in [1.807, 2.05) is 36.4 Å². The number of benzene rings is 1. The number of hydrogen-bond acceptors (Lipinski definition) is 6. The SMILES string of the molecule is O=C(NCc1cccnc1-n1cncn1)c1occc1COc1ccccc1. The molecule has 0 saturated heterocycles. The minimum absolute atomic E-state index is 0.224. The Balaban J connectivity index is 1.42. The molecule has 8 nitrogen and oxygen atoms in total. The molecule has 0 unspecified atom stereocenters. The van der Waals surface area contributed by atoms with Gasteiger partial charge in [-0.15, -0.1) is 0 Å². The first-order valence-electron chi connectivity index (χ1n) is 8.62. The quantitative estimate of drug-likeness (QED) is 0.534. The van der Waals surface area contributed by atoms with E-state index < -0.39 is 0 Å². The molecule has 0 aliphatic rings. The molecule has 0 aliphatic carbocycles. The van der Waals surface area contributed by atoms with Crippen molar-refractivity contribution in [1.82, 2.24) is 25.1 Å². The number of carbonyl (C=O) groups is 1. The molecule has 4 rings (SSSR count). The van der Waals surface area contributed by atoms with Gasteiger partial charge < -0.3 is 14.5 Å². The van der Waals surface area contributed by atoms with E-state index in [-0.39, 0.29) is 24.8 Å². The van der Waals surface area contributed by atoms with Crippen molar-refractivity contribution in [2.75, 3.05) is 0 Å². The van der Waals surface area contributed by atoms with Crippen LogP contribution in [0.5, 0.6) is 5.75 Å². The summed E-state index contributed by atoms with van der Waals surface area (Å²) in [5.74, 6) is 1.22. The zero-order chi connectivity index (χ0) is 19.2. The molecule has 0 fully saturated rings. The molecular weight excluding hydrogens is 358 g/mol. The molecule has 1 amide bonds. The van der Waals surface area contributed by atoms with E-state index in [1.54, 1.807) is 29.3 Å². The molecule has 4 aromatic rings. The Bertz CT molecular complexity index is 1040. The molecule has 0 atom stereocenters. The highest BCUT2D eigenvalue weighted by Crippen LogP contribution is 2.16. The summed E-state index contributed by atoms with van der Waals surface area (Å²) in [5, 5.41) is 6.94. The number of rotatable bonds is 7. The third-order valence-corrected chi connectivity index (χ3v) is 4.03. The van der Waals surface area contributed by atoms with E-state index in [0.29, 0.717) is 11.4 Å². The Labute approximate surface area is 160 Å². The minimum Gasteiger partial charge on any atom is -0.489 e. The van der Waals surface area contributed by atoms with Crippen LogP contribution in [0.3, 0.4) is 0 Å². The van der Waals surface area contributed by atoms with E-state index in [4.69, 9.17) is 9.15 Å². The lowest BCUT2D eigenvalue weighted by molar-refractivity contribution is 0.0919. The number of pyridine rings is 1. The molecule has 140 valence electrons. The number of carbonyl (C=O) groups excluding carboxylic acids is 1. The summed E-state index contributed by atoms with van der Waals surface area (Å²) < 4.78 is 12.6. The average Bonchev–Trinajstić information content (AvgIpc) is 3.43. The van der Waals surface area contributed by atoms with Crippen molar-refractivity contribution in [2.24, 2.45) is 0 Å². The van der Waals surface area contributed by atoms with Crippen molar-refractivity contribution in [3.05, 3.63) is 90.5 Å². The second kappa shape index (κ2) is 8.17. The van der Waals surface area contributed by atoms with Crippen molar-refractivity contribution in [3.8, 4) is 11.6 Å². The highest BCUT2D eigenvalue weighted by atomic mass is 16.5. The summed E-state index contributed by atoms with van der Waals surface area (Å²) >= 11 is 0. The van der Waals surface area contributed by atoms with Gasteiger partial charge in [-0.3, -0.25) is 4.79 Å². The number of nitrogens with one attached hydrogen (secondary N) is 1. The van der Waals surface area contributed by atoms with E-state index in [2.05, 4.69) is 20.4 Å². The first-order chi connectivity index (χ1) is 13.8. The molecule has 0 radical (unpaired) electrons. The van der Waals surface area contributed by atoms with Crippen LogP contribution < -0.4 is 10.1 Å². The summed E-state index contributed by atoms with van der Waals surface area (Å²) in [6.45, 7) is 0.502. The number of nitrogens with zero attached hydrogens (tertiary/aromatic N) is 4. The number of amides is 1. The van der Waals surface area contributed by atoms with Crippen molar-refractivity contribution < 1.29 is 13.9 Å². The zero-order valence-corrected chi connectivity index (χ0v) is 14.9. The lowest BCUT2D eigenvalue weighted by Gasteiger charge is -2.09. The van der Waals surface area contributed by atoms with Crippen LogP contribution in [0.2, 0.25) is 0 Å². The number of aromatic nitrogens is 4. The molecule has 0 spiro atoms. The smallest absolute Gasteiger partial charge is 0.287 e. The predicted molar refractivity (Wildman–Crippen MR) is 99.8 cm³/mol. The Kier molecular flexibility index (Phi) is 5.10. The summed E-state index contributed by atoms with van der Waals surface area (Å²) in [6, 6.07) is 14.8. The van der Waals surface area contributed by atoms with Crippen LogP contribution >= 0.6 is 0 Å². The molecule has 1 N–H and O–H groups in total. The van der Waals surface area contributed by atoms with Gasteiger partial charge in [0.2, 0.25) is 0 Å². The monoisotopic (exact) mass is 375 g/mol. The van der Waals surface area contributed by atoms with Crippen molar-refractivity contribution in [2.45, 2.75) is 13.2 Å². The summed E-state index contributed by atoms with van der Waals surface area (Å²) in [7, 11) is 0. The average molecular weight is 375 g/mol. The van der Waals surface area contributed by atoms with Gasteiger partial charge in [0.05, 0.1) is 6.26 Å². The maximum absolute atomic E-state index is 12.6. The van der Waals surface area contributed by atoms with Crippen LogP contribution in [-0.2, 0) is 13.2 Å². The third kappa shape index (κ3) is 3.90. The molecule has 0 saturated carbocycles. The van der Waals surface area contributed by atoms with E-state index >= 15 is 0 Å². The molecule has 28 heavy (non-hydrogen) atoms. The molecule has 8 heteroatoms. The van der Waals surface area contributed by atoms with Crippen LogP contribution in [0.1, 0.15) is 21.7 Å². The molecule has 1 aromatic carbocycles. The molecular formula is C20H17N5O3. The van der Waals surface area contributed by atoms with Crippen LogP contribution in [0, 0.1) is 0 Å². The normalized spacial score (nSPS) is 10.6. The van der Waals surface area contributed by atoms with E-state index in [1.165, 1.54) is 12.6 Å². The molecule has 3 heterocycles. The maximum Gasteiger partial charge on any atom is 0.287 e. The second-order valence-corrected chi connectivity index (χ2v) is 5.89. The van der Waals surface area contributed by atoms with Gasteiger partial charge in [-0.1, -0.05) is 24.3 Å². The van der Waals surface area contributed by atoms with Crippen molar-refractivity contribution in [1.29, 1.82) is 0 Å². The van der Waals surface area contributed by atoms with Crippen molar-refractivity contribution in [3.63, 3.8) is 0 Å². The van der Waals surface area contributed by atoms with Crippen LogP contribution in [0.4, 0.5) is 0 Å². The number of furan rings is 1. The van der Waals surface area contributed by atoms with Gasteiger partial charge in [0.15, 0.2) is 11.6 Å². The highest BCUT2D eigenvalue weighted by Gasteiger charge is 2.17. The number of para-hydroxylation sites is 1. The van der Waals surface area contributed by atoms with Crippen LogP contribution in [0.25, 0.3) is 5.82 Å². The molecule has 0 aliphatic heterocycles. The first-order valence-corrected chi connectivity index (χ1v) is 8.62. The lowest BCUT2D eigenvalue weighted by Crippen LogP contribution is -2.24. The fourth-order valence-electron chi connectivity index (χ4n) is 2.67. The predicted octanol–water partition coefficient (Wildman–Crippen LogP) is 2.76. The van der Waals surface area contributed by atoms with E-state index in [0.717, 1.165) is 11.3 Å². The fourth-order valence-corrected chi connectivity index (χ4v) is 2.67. The highest BCUT2D eigenvalue weighted by molar-refractivity contribution is 5.92. The Hall–Kier alpha value is -3.94. The van der Waals surface area contributed by atoms with Gasteiger partial charge in [0, 0.05) is 23.9 Å². The van der Waals surface area contributed by atoms with Gasteiger partial charge in [-0.25, -0.2) is 14.6 Å².